The molecule has 1 unspecified atom stereocenters. The Labute approximate surface area is 103 Å². The van der Waals surface area contributed by atoms with Crippen molar-refractivity contribution in [2.75, 3.05) is 19.0 Å². The molecular weight excluding hydrogens is 242 g/mol. The fourth-order valence-electron chi connectivity index (χ4n) is 1.18. The highest BCUT2D eigenvalue weighted by atomic mass is 32.1. The lowest BCUT2D eigenvalue weighted by Crippen LogP contribution is -2.35. The second kappa shape index (κ2) is 6.31. The number of aromatic nitrogens is 1. The number of rotatable bonds is 5. The SMILES string of the molecule is COCC(C)NC(=O)c1csc(NC(C)=O)n1. The summed E-state index contributed by atoms with van der Waals surface area (Å²) in [6, 6.07) is -0.0848. The number of nitrogens with one attached hydrogen (secondary N) is 2. The van der Waals surface area contributed by atoms with Crippen LogP contribution >= 0.6 is 11.3 Å². The van der Waals surface area contributed by atoms with E-state index in [2.05, 4.69) is 15.6 Å². The minimum absolute atomic E-state index is 0.0848. The van der Waals surface area contributed by atoms with Gasteiger partial charge in [0.15, 0.2) is 5.13 Å². The molecule has 17 heavy (non-hydrogen) atoms. The third-order valence-corrected chi connectivity index (χ3v) is 2.57. The van der Waals surface area contributed by atoms with E-state index in [-0.39, 0.29) is 17.9 Å². The Morgan fingerprint density at radius 3 is 2.88 bits per heavy atom. The highest BCUT2D eigenvalue weighted by molar-refractivity contribution is 7.14. The lowest BCUT2D eigenvalue weighted by atomic mass is 10.3. The van der Waals surface area contributed by atoms with Crippen LogP contribution in [0.15, 0.2) is 5.38 Å². The molecule has 6 nitrogen and oxygen atoms in total. The van der Waals surface area contributed by atoms with Gasteiger partial charge in [-0.3, -0.25) is 9.59 Å². The van der Waals surface area contributed by atoms with E-state index >= 15 is 0 Å². The van der Waals surface area contributed by atoms with E-state index in [1.807, 2.05) is 6.92 Å². The molecule has 2 amide bonds. The summed E-state index contributed by atoms with van der Waals surface area (Å²) in [5.41, 5.74) is 0.293. The smallest absolute Gasteiger partial charge is 0.271 e. The molecule has 0 bridgehead atoms. The molecule has 0 spiro atoms. The maximum absolute atomic E-state index is 11.7. The Kier molecular flexibility index (Phi) is 5.05. The molecular formula is C10H15N3O3S. The van der Waals surface area contributed by atoms with Crippen LogP contribution in [0, 0.1) is 0 Å². The van der Waals surface area contributed by atoms with Gasteiger partial charge in [-0.15, -0.1) is 11.3 Å². The number of hydrogen-bond donors (Lipinski definition) is 2. The van der Waals surface area contributed by atoms with Crippen LogP contribution in [0.25, 0.3) is 0 Å². The van der Waals surface area contributed by atoms with Gasteiger partial charge in [0.05, 0.1) is 6.61 Å². The van der Waals surface area contributed by atoms with Gasteiger partial charge < -0.3 is 15.4 Å². The average molecular weight is 257 g/mol. The number of anilines is 1. The molecule has 0 aliphatic heterocycles. The number of methoxy groups -OCH3 is 1. The third-order valence-electron chi connectivity index (χ3n) is 1.81. The van der Waals surface area contributed by atoms with E-state index < -0.39 is 0 Å². The van der Waals surface area contributed by atoms with Gasteiger partial charge >= 0.3 is 0 Å². The predicted octanol–water partition coefficient (Wildman–Crippen LogP) is 0.866. The normalized spacial score (nSPS) is 11.9. The Morgan fingerprint density at radius 1 is 1.59 bits per heavy atom. The zero-order chi connectivity index (χ0) is 12.8. The zero-order valence-electron chi connectivity index (χ0n) is 9.94. The number of nitrogens with zero attached hydrogens (tertiary/aromatic N) is 1. The maximum atomic E-state index is 11.7. The molecule has 94 valence electrons. The minimum Gasteiger partial charge on any atom is -0.383 e. The summed E-state index contributed by atoms with van der Waals surface area (Å²) >= 11 is 1.21. The lowest BCUT2D eigenvalue weighted by Gasteiger charge is -2.11. The molecule has 0 saturated carbocycles. The van der Waals surface area contributed by atoms with Crippen molar-refractivity contribution in [2.45, 2.75) is 19.9 Å². The van der Waals surface area contributed by atoms with Crippen LogP contribution in [0.5, 0.6) is 0 Å². The summed E-state index contributed by atoms with van der Waals surface area (Å²) in [6.45, 7) is 3.67. The number of carbonyl (C=O) groups is 2. The van der Waals surface area contributed by atoms with E-state index in [1.54, 1.807) is 12.5 Å². The van der Waals surface area contributed by atoms with E-state index in [9.17, 15) is 9.59 Å². The second-order valence-corrected chi connectivity index (χ2v) is 4.41. The van der Waals surface area contributed by atoms with Crippen molar-refractivity contribution < 1.29 is 14.3 Å². The first-order valence-corrected chi connectivity index (χ1v) is 5.93. The number of hydrogen-bond acceptors (Lipinski definition) is 5. The van der Waals surface area contributed by atoms with Gasteiger partial charge in [-0.25, -0.2) is 4.98 Å². The Hall–Kier alpha value is -1.47. The van der Waals surface area contributed by atoms with Gasteiger partial charge in [0.1, 0.15) is 5.69 Å². The molecule has 1 rings (SSSR count). The summed E-state index contributed by atoms with van der Waals surface area (Å²) in [5, 5.41) is 7.27. The van der Waals surface area contributed by atoms with Crippen molar-refractivity contribution in [2.24, 2.45) is 0 Å². The molecule has 1 aromatic heterocycles. The lowest BCUT2D eigenvalue weighted by molar-refractivity contribution is -0.114. The molecule has 7 heteroatoms. The van der Waals surface area contributed by atoms with Crippen LogP contribution in [0.4, 0.5) is 5.13 Å². The molecule has 1 atom stereocenters. The number of ether oxygens (including phenoxy) is 1. The number of thiazole rings is 1. The molecule has 0 fully saturated rings. The van der Waals surface area contributed by atoms with Crippen molar-refractivity contribution in [3.63, 3.8) is 0 Å². The highest BCUT2D eigenvalue weighted by Gasteiger charge is 2.13. The van der Waals surface area contributed by atoms with Crippen molar-refractivity contribution in [1.82, 2.24) is 10.3 Å². The largest absolute Gasteiger partial charge is 0.383 e. The Bertz CT molecular complexity index is 405. The second-order valence-electron chi connectivity index (χ2n) is 3.55. The highest BCUT2D eigenvalue weighted by Crippen LogP contribution is 2.15. The first-order valence-electron chi connectivity index (χ1n) is 5.06. The van der Waals surface area contributed by atoms with Crippen LogP contribution in [-0.2, 0) is 9.53 Å². The first kappa shape index (κ1) is 13.6. The summed E-state index contributed by atoms with van der Waals surface area (Å²) in [4.78, 5) is 26.5. The van der Waals surface area contributed by atoms with Crippen molar-refractivity contribution >= 4 is 28.3 Å². The first-order chi connectivity index (χ1) is 8.02. The maximum Gasteiger partial charge on any atom is 0.271 e. The summed E-state index contributed by atoms with van der Waals surface area (Å²) in [7, 11) is 1.57. The topological polar surface area (TPSA) is 80.3 Å². The number of carbonyl (C=O) groups excluding carboxylic acids is 2. The van der Waals surface area contributed by atoms with Crippen LogP contribution in [0.3, 0.4) is 0 Å². The summed E-state index contributed by atoms with van der Waals surface area (Å²) in [6.07, 6.45) is 0. The van der Waals surface area contributed by atoms with Crippen molar-refractivity contribution in [3.05, 3.63) is 11.1 Å². The number of amides is 2. The van der Waals surface area contributed by atoms with Gasteiger partial charge in [0.2, 0.25) is 5.91 Å². The fourth-order valence-corrected chi connectivity index (χ4v) is 1.91. The van der Waals surface area contributed by atoms with Crippen LogP contribution in [-0.4, -0.2) is 36.6 Å². The summed E-state index contributed by atoms with van der Waals surface area (Å²) in [5.74, 6) is -0.485. The molecule has 0 aliphatic carbocycles. The van der Waals surface area contributed by atoms with Crippen LogP contribution in [0.2, 0.25) is 0 Å². The fraction of sp³-hybridized carbons (Fsp3) is 0.500. The Morgan fingerprint density at radius 2 is 2.29 bits per heavy atom. The standard InChI is InChI=1S/C10H15N3O3S/c1-6(4-16-3)11-9(15)8-5-17-10(13-8)12-7(2)14/h5-6H,4H2,1-3H3,(H,11,15)(H,12,13,14). The molecule has 1 heterocycles. The molecule has 0 saturated heterocycles. The van der Waals surface area contributed by atoms with Crippen molar-refractivity contribution in [3.8, 4) is 0 Å². The van der Waals surface area contributed by atoms with Gasteiger partial charge in [-0.1, -0.05) is 0 Å². The van der Waals surface area contributed by atoms with E-state index in [1.165, 1.54) is 18.3 Å². The quantitative estimate of drug-likeness (QED) is 0.820. The van der Waals surface area contributed by atoms with Crippen LogP contribution < -0.4 is 10.6 Å². The molecule has 0 aromatic carbocycles. The molecule has 1 aromatic rings. The molecule has 0 aliphatic rings. The minimum atomic E-state index is -0.276. The third kappa shape index (κ3) is 4.49. The molecule has 0 radical (unpaired) electrons. The van der Waals surface area contributed by atoms with Gasteiger partial charge in [-0.05, 0) is 6.92 Å². The predicted molar refractivity (Wildman–Crippen MR) is 65.2 cm³/mol. The average Bonchev–Trinajstić information content (AvgIpc) is 2.65. The Balaban J connectivity index is 2.57. The van der Waals surface area contributed by atoms with E-state index in [4.69, 9.17) is 4.74 Å². The van der Waals surface area contributed by atoms with Gasteiger partial charge in [0.25, 0.3) is 5.91 Å². The monoisotopic (exact) mass is 257 g/mol. The zero-order valence-corrected chi connectivity index (χ0v) is 10.8. The van der Waals surface area contributed by atoms with Gasteiger partial charge in [0, 0.05) is 25.5 Å². The van der Waals surface area contributed by atoms with Gasteiger partial charge in [-0.2, -0.15) is 0 Å². The molecule has 2 N–H and O–H groups in total. The van der Waals surface area contributed by atoms with Crippen molar-refractivity contribution in [1.29, 1.82) is 0 Å². The summed E-state index contributed by atoms with van der Waals surface area (Å²) < 4.78 is 4.91. The van der Waals surface area contributed by atoms with Crippen LogP contribution in [0.1, 0.15) is 24.3 Å². The van der Waals surface area contributed by atoms with E-state index in [0.29, 0.717) is 17.4 Å². The van der Waals surface area contributed by atoms with E-state index in [0.717, 1.165) is 0 Å².